The van der Waals surface area contributed by atoms with Crippen LogP contribution in [0.1, 0.15) is 12.8 Å². The van der Waals surface area contributed by atoms with Gasteiger partial charge in [-0.05, 0) is 48.3 Å². The summed E-state index contributed by atoms with van der Waals surface area (Å²) in [5.41, 5.74) is 0.169. The number of hydrogen-bond donors (Lipinski definition) is 1. The smallest absolute Gasteiger partial charge is 0.310 e. The highest BCUT2D eigenvalue weighted by molar-refractivity contribution is 9.10. The molecule has 3 aliphatic rings. The molecular formula is C18H17BrFNO3. The Balaban J connectivity index is 1.63. The minimum Gasteiger partial charge on any atom is -0.469 e. The highest BCUT2D eigenvalue weighted by Crippen LogP contribution is 2.72. The summed E-state index contributed by atoms with van der Waals surface area (Å²) >= 11 is 3.19. The van der Waals surface area contributed by atoms with E-state index in [0.29, 0.717) is 4.47 Å². The van der Waals surface area contributed by atoms with Gasteiger partial charge in [0.15, 0.2) is 0 Å². The first-order chi connectivity index (χ1) is 11.5. The average Bonchev–Trinajstić information content (AvgIpc) is 3.22. The first kappa shape index (κ1) is 15.8. The van der Waals surface area contributed by atoms with Crippen molar-refractivity contribution < 1.29 is 18.7 Å². The fourth-order valence-electron chi connectivity index (χ4n) is 4.62. The van der Waals surface area contributed by atoms with E-state index in [4.69, 9.17) is 4.74 Å². The van der Waals surface area contributed by atoms with Gasteiger partial charge in [0.2, 0.25) is 5.91 Å². The fourth-order valence-corrected chi connectivity index (χ4v) is 4.95. The number of allylic oxidation sites excluding steroid dienone is 2. The van der Waals surface area contributed by atoms with Crippen LogP contribution in [0.2, 0.25) is 0 Å². The molecule has 6 heteroatoms. The van der Waals surface area contributed by atoms with Crippen molar-refractivity contribution in [3.63, 3.8) is 0 Å². The number of rotatable bonds is 3. The van der Waals surface area contributed by atoms with E-state index in [9.17, 15) is 14.0 Å². The largest absolute Gasteiger partial charge is 0.469 e. The molecule has 126 valence electrons. The summed E-state index contributed by atoms with van der Waals surface area (Å²) in [6.45, 7) is 0. The molecule has 1 N–H and O–H groups in total. The van der Waals surface area contributed by atoms with Gasteiger partial charge in [0.05, 0.1) is 24.6 Å². The van der Waals surface area contributed by atoms with E-state index in [1.807, 2.05) is 0 Å². The van der Waals surface area contributed by atoms with E-state index in [-0.39, 0.29) is 34.8 Å². The highest BCUT2D eigenvalue weighted by Gasteiger charge is 2.70. The fraction of sp³-hybridized carbons (Fsp3) is 0.444. The zero-order chi connectivity index (χ0) is 17.1. The number of hydrogen-bond acceptors (Lipinski definition) is 3. The van der Waals surface area contributed by atoms with E-state index >= 15 is 0 Å². The second kappa shape index (κ2) is 5.41. The third-order valence-corrected chi connectivity index (χ3v) is 6.30. The molecule has 1 amide bonds. The second-order valence-electron chi connectivity index (χ2n) is 6.86. The predicted molar refractivity (Wildman–Crippen MR) is 89.5 cm³/mol. The number of esters is 1. The quantitative estimate of drug-likeness (QED) is 0.631. The van der Waals surface area contributed by atoms with Crippen molar-refractivity contribution in [3.8, 4) is 0 Å². The minimum absolute atomic E-state index is 0.0325. The van der Waals surface area contributed by atoms with E-state index < -0.39 is 17.7 Å². The van der Waals surface area contributed by atoms with Crippen LogP contribution in [0.15, 0.2) is 34.8 Å². The summed E-state index contributed by atoms with van der Waals surface area (Å²) in [7, 11) is 1.35. The van der Waals surface area contributed by atoms with Crippen LogP contribution in [0.4, 0.5) is 10.1 Å². The number of halogens is 2. The number of nitrogens with one attached hydrogen (secondary N) is 1. The molecule has 24 heavy (non-hydrogen) atoms. The Bertz CT molecular complexity index is 759. The van der Waals surface area contributed by atoms with E-state index in [0.717, 1.165) is 12.8 Å². The van der Waals surface area contributed by atoms with Gasteiger partial charge < -0.3 is 10.1 Å². The highest BCUT2D eigenvalue weighted by atomic mass is 79.9. The van der Waals surface area contributed by atoms with Gasteiger partial charge in [-0.15, -0.1) is 0 Å². The normalized spacial score (nSPS) is 31.3. The van der Waals surface area contributed by atoms with Crippen molar-refractivity contribution in [2.75, 3.05) is 12.4 Å². The Morgan fingerprint density at radius 2 is 1.92 bits per heavy atom. The third kappa shape index (κ3) is 2.15. The number of anilines is 1. The SMILES string of the molecule is COC(=O)[C@H]1C(C(=O)Nc2ccc(Br)cc2F)[C@@H]2C=C[C@H]1C21CC1. The van der Waals surface area contributed by atoms with E-state index in [1.54, 1.807) is 6.07 Å². The first-order valence-corrected chi connectivity index (χ1v) is 8.79. The minimum atomic E-state index is -0.507. The van der Waals surface area contributed by atoms with Crippen molar-refractivity contribution in [2.24, 2.45) is 29.1 Å². The Morgan fingerprint density at radius 3 is 2.50 bits per heavy atom. The van der Waals surface area contributed by atoms with E-state index in [1.165, 1.54) is 19.2 Å². The number of carbonyl (C=O) groups is 2. The van der Waals surface area contributed by atoms with Gasteiger partial charge in [-0.3, -0.25) is 9.59 Å². The standard InChI is InChI=1S/C18H17BrFNO3/c1-24-17(23)15-11-4-3-10(18(11)6-7-18)14(15)16(22)21-13-5-2-9(19)8-12(13)20/h2-5,8,10-11,14-15H,6-7H2,1H3,(H,21,22)/t10-,11+,14?,15+/m0/s1. The van der Waals surface area contributed by atoms with Gasteiger partial charge in [-0.2, -0.15) is 0 Å². The Morgan fingerprint density at radius 1 is 1.25 bits per heavy atom. The maximum absolute atomic E-state index is 14.0. The van der Waals surface area contributed by atoms with Gasteiger partial charge in [-0.25, -0.2) is 4.39 Å². The van der Waals surface area contributed by atoms with Crippen LogP contribution < -0.4 is 5.32 Å². The van der Waals surface area contributed by atoms with Crippen LogP contribution >= 0.6 is 15.9 Å². The summed E-state index contributed by atoms with van der Waals surface area (Å²) in [4.78, 5) is 25.1. The zero-order valence-corrected chi connectivity index (χ0v) is 14.7. The second-order valence-corrected chi connectivity index (χ2v) is 7.77. The first-order valence-electron chi connectivity index (χ1n) is 8.00. The molecule has 4 rings (SSSR count). The number of methoxy groups -OCH3 is 1. The van der Waals surface area contributed by atoms with Crippen LogP contribution in [0, 0.1) is 34.9 Å². The van der Waals surface area contributed by atoms with Crippen LogP contribution in [0.5, 0.6) is 0 Å². The Kier molecular flexibility index (Phi) is 3.56. The average molecular weight is 394 g/mol. The lowest BCUT2D eigenvalue weighted by molar-refractivity contribution is -0.150. The molecule has 1 unspecified atom stereocenters. The molecule has 0 heterocycles. The summed E-state index contributed by atoms with van der Waals surface area (Å²) in [6.07, 6.45) is 6.17. The van der Waals surface area contributed by atoms with Gasteiger partial charge in [0.25, 0.3) is 0 Å². The molecular weight excluding hydrogens is 377 g/mol. The zero-order valence-electron chi connectivity index (χ0n) is 13.1. The van der Waals surface area contributed by atoms with Crippen LogP contribution in [-0.2, 0) is 14.3 Å². The number of amides is 1. The lowest BCUT2D eigenvalue weighted by Crippen LogP contribution is -2.37. The molecule has 1 aromatic rings. The summed E-state index contributed by atoms with van der Waals surface area (Å²) in [6, 6.07) is 4.48. The number of ether oxygens (including phenoxy) is 1. The summed E-state index contributed by atoms with van der Waals surface area (Å²) in [5, 5.41) is 2.66. The van der Waals surface area contributed by atoms with Crippen molar-refractivity contribution >= 4 is 33.5 Å². The number of carbonyl (C=O) groups excluding carboxylic acids is 2. The molecule has 3 aliphatic carbocycles. The van der Waals surface area contributed by atoms with Crippen molar-refractivity contribution in [3.05, 3.63) is 40.6 Å². The number of benzene rings is 1. The summed E-state index contributed by atoms with van der Waals surface area (Å²) in [5.74, 6) is -2.06. The molecule has 0 aliphatic heterocycles. The predicted octanol–water partition coefficient (Wildman–Crippen LogP) is 3.53. The molecule has 0 radical (unpaired) electrons. The molecule has 1 aromatic carbocycles. The molecule has 4 nitrogen and oxygen atoms in total. The lowest BCUT2D eigenvalue weighted by atomic mass is 9.82. The molecule has 2 saturated carbocycles. The summed E-state index contributed by atoms with van der Waals surface area (Å²) < 4.78 is 19.6. The van der Waals surface area contributed by atoms with Gasteiger partial charge in [-0.1, -0.05) is 28.1 Å². The molecule has 2 bridgehead atoms. The maximum Gasteiger partial charge on any atom is 0.310 e. The van der Waals surface area contributed by atoms with Gasteiger partial charge >= 0.3 is 5.97 Å². The molecule has 0 saturated heterocycles. The van der Waals surface area contributed by atoms with Crippen molar-refractivity contribution in [1.82, 2.24) is 0 Å². The van der Waals surface area contributed by atoms with Crippen LogP contribution in [0.25, 0.3) is 0 Å². The third-order valence-electron chi connectivity index (χ3n) is 5.81. The van der Waals surface area contributed by atoms with Gasteiger partial charge in [0, 0.05) is 4.47 Å². The van der Waals surface area contributed by atoms with Crippen LogP contribution in [0.3, 0.4) is 0 Å². The van der Waals surface area contributed by atoms with Gasteiger partial charge in [0.1, 0.15) is 5.82 Å². The monoisotopic (exact) mass is 393 g/mol. The van der Waals surface area contributed by atoms with Crippen molar-refractivity contribution in [2.45, 2.75) is 12.8 Å². The molecule has 4 atom stereocenters. The molecule has 0 aromatic heterocycles. The van der Waals surface area contributed by atoms with Crippen molar-refractivity contribution in [1.29, 1.82) is 0 Å². The van der Waals surface area contributed by atoms with E-state index in [2.05, 4.69) is 33.4 Å². The Hall–Kier alpha value is -1.69. The lowest BCUT2D eigenvalue weighted by Gasteiger charge is -2.25. The van der Waals surface area contributed by atoms with Crippen LogP contribution in [-0.4, -0.2) is 19.0 Å². The molecule has 2 fully saturated rings. The molecule has 1 spiro atoms. The Labute approximate surface area is 147 Å². The topological polar surface area (TPSA) is 55.4 Å². The maximum atomic E-state index is 14.0.